The number of hydrogen-bond donors (Lipinski definition) is 0. The van der Waals surface area contributed by atoms with Crippen LogP contribution in [0.2, 0.25) is 0 Å². The molecule has 1 heterocycles. The summed E-state index contributed by atoms with van der Waals surface area (Å²) in [6.07, 6.45) is 8.85. The Morgan fingerprint density at radius 3 is 2.24 bits per heavy atom. The van der Waals surface area contributed by atoms with E-state index in [0.717, 1.165) is 56.5 Å². The van der Waals surface area contributed by atoms with E-state index < -0.39 is 10.1 Å². The quantitative estimate of drug-likeness (QED) is 0.405. The summed E-state index contributed by atoms with van der Waals surface area (Å²) in [7, 11) is -3.36. The van der Waals surface area contributed by atoms with E-state index in [1.807, 2.05) is 0 Å². The van der Waals surface area contributed by atoms with Crippen LogP contribution in [-0.2, 0) is 29.7 Å². The molecule has 21 heavy (non-hydrogen) atoms. The van der Waals surface area contributed by atoms with Crippen LogP contribution in [0, 0.1) is 0 Å². The van der Waals surface area contributed by atoms with Gasteiger partial charge in [-0.25, -0.2) is 0 Å². The van der Waals surface area contributed by atoms with Crippen LogP contribution in [0.25, 0.3) is 0 Å². The van der Waals surface area contributed by atoms with E-state index in [9.17, 15) is 13.2 Å². The lowest BCUT2D eigenvalue weighted by atomic mass is 10.1. The molecule has 1 aliphatic heterocycles. The van der Waals surface area contributed by atoms with Gasteiger partial charge in [-0.3, -0.25) is 4.79 Å². The van der Waals surface area contributed by atoms with Crippen LogP contribution in [0.3, 0.4) is 0 Å². The first-order chi connectivity index (χ1) is 10.0. The first kappa shape index (κ1) is 19.0. The predicted octanol–water partition coefficient (Wildman–Crippen LogP) is 3.37. The van der Waals surface area contributed by atoms with Gasteiger partial charge >= 0.3 is 10.1 Å². The molecule has 0 aromatic heterocycles. The van der Waals surface area contributed by atoms with E-state index in [1.165, 1.54) is 0 Å². The van der Waals surface area contributed by atoms with Gasteiger partial charge in [0.1, 0.15) is 17.3 Å². The van der Waals surface area contributed by atoms with Crippen molar-refractivity contribution >= 4 is 27.1 Å². The summed E-state index contributed by atoms with van der Waals surface area (Å²) in [5.41, 5.74) is 0. The van der Waals surface area contributed by atoms with E-state index in [2.05, 4.69) is 6.92 Å². The first-order valence-corrected chi connectivity index (χ1v) is 11.2. The molecule has 1 aliphatic rings. The molecule has 1 fully saturated rings. The highest BCUT2D eigenvalue weighted by molar-refractivity contribution is 8.02. The summed E-state index contributed by atoms with van der Waals surface area (Å²) >= 11 is -0.358. The second kappa shape index (κ2) is 10.6. The summed E-state index contributed by atoms with van der Waals surface area (Å²) in [5.74, 6) is 2.20. The predicted molar refractivity (Wildman–Crippen MR) is 88.8 cm³/mol. The molecule has 0 bridgehead atoms. The topological polar surface area (TPSA) is 60.4 Å². The van der Waals surface area contributed by atoms with Crippen LogP contribution in [0.15, 0.2) is 0 Å². The molecule has 0 atom stereocenters. The van der Waals surface area contributed by atoms with Gasteiger partial charge in [-0.2, -0.15) is 8.42 Å². The van der Waals surface area contributed by atoms with Gasteiger partial charge in [0.2, 0.25) is 0 Å². The van der Waals surface area contributed by atoms with Crippen molar-refractivity contribution < 1.29 is 16.8 Å². The standard InChI is InChI=1S/C15H29O4S2/c1-2-3-5-10-15(16)11-6-4-9-14-21(17,18)19-20-12-7-8-13-20/h2-14H2,1H3/q+1. The van der Waals surface area contributed by atoms with E-state index in [0.29, 0.717) is 25.0 Å². The Morgan fingerprint density at radius 1 is 1.00 bits per heavy atom. The molecular formula is C15H29O4S2+. The molecule has 124 valence electrons. The Bertz CT molecular complexity index is 386. The highest BCUT2D eigenvalue weighted by Crippen LogP contribution is 2.18. The first-order valence-electron chi connectivity index (χ1n) is 8.15. The molecular weight excluding hydrogens is 308 g/mol. The number of carbonyl (C=O) groups is 1. The van der Waals surface area contributed by atoms with Crippen LogP contribution < -0.4 is 0 Å². The van der Waals surface area contributed by atoms with Crippen molar-refractivity contribution in [3.05, 3.63) is 0 Å². The molecule has 1 rings (SSSR count). The molecule has 0 aromatic carbocycles. The summed E-state index contributed by atoms with van der Waals surface area (Å²) in [5, 5.41) is 0. The number of carbonyl (C=O) groups excluding carboxylic acids is 1. The van der Waals surface area contributed by atoms with Crippen molar-refractivity contribution in [3.63, 3.8) is 0 Å². The van der Waals surface area contributed by atoms with E-state index in [1.54, 1.807) is 0 Å². The van der Waals surface area contributed by atoms with Crippen LogP contribution in [0.4, 0.5) is 0 Å². The molecule has 0 aliphatic carbocycles. The molecule has 4 nitrogen and oxygen atoms in total. The molecule has 0 spiro atoms. The minimum Gasteiger partial charge on any atom is -0.300 e. The lowest BCUT2D eigenvalue weighted by Crippen LogP contribution is -2.18. The van der Waals surface area contributed by atoms with Crippen molar-refractivity contribution in [3.8, 4) is 0 Å². The molecule has 0 radical (unpaired) electrons. The molecule has 1 saturated heterocycles. The molecule has 0 amide bonds. The summed E-state index contributed by atoms with van der Waals surface area (Å²) < 4.78 is 28.8. The van der Waals surface area contributed by atoms with Gasteiger partial charge in [0.05, 0.1) is 5.75 Å². The zero-order chi connectivity index (χ0) is 15.6. The third-order valence-electron chi connectivity index (χ3n) is 3.60. The third kappa shape index (κ3) is 9.53. The number of rotatable bonds is 12. The average molecular weight is 338 g/mol. The van der Waals surface area contributed by atoms with Crippen molar-refractivity contribution in [1.29, 1.82) is 0 Å². The lowest BCUT2D eigenvalue weighted by molar-refractivity contribution is -0.119. The number of Topliss-reactive ketones (excluding diaryl/α,β-unsaturated/α-hetero) is 1. The van der Waals surface area contributed by atoms with E-state index >= 15 is 0 Å². The normalized spacial score (nSPS) is 16.4. The van der Waals surface area contributed by atoms with Crippen LogP contribution in [-0.4, -0.2) is 31.5 Å². The Kier molecular flexibility index (Phi) is 9.60. The second-order valence-electron chi connectivity index (χ2n) is 5.69. The van der Waals surface area contributed by atoms with Gasteiger partial charge in [0.15, 0.2) is 11.2 Å². The fourth-order valence-electron chi connectivity index (χ4n) is 2.35. The highest BCUT2D eigenvalue weighted by Gasteiger charge is 2.32. The monoisotopic (exact) mass is 337 g/mol. The van der Waals surface area contributed by atoms with E-state index in [-0.39, 0.29) is 16.9 Å². The maximum absolute atomic E-state index is 11.8. The van der Waals surface area contributed by atoms with Crippen LogP contribution in [0.1, 0.15) is 71.1 Å². The van der Waals surface area contributed by atoms with Crippen molar-refractivity contribution in [2.45, 2.75) is 71.1 Å². The smallest absolute Gasteiger partial charge is 0.300 e. The van der Waals surface area contributed by atoms with Gasteiger partial charge < -0.3 is 0 Å². The third-order valence-corrected chi connectivity index (χ3v) is 7.48. The Morgan fingerprint density at radius 2 is 1.62 bits per heavy atom. The fourth-order valence-corrected chi connectivity index (χ4v) is 6.16. The van der Waals surface area contributed by atoms with Crippen LogP contribution >= 0.6 is 0 Å². The zero-order valence-electron chi connectivity index (χ0n) is 13.1. The maximum atomic E-state index is 11.8. The summed E-state index contributed by atoms with van der Waals surface area (Å²) in [6.45, 7) is 2.12. The van der Waals surface area contributed by atoms with Gasteiger partial charge in [-0.1, -0.05) is 26.2 Å². The minimum absolute atomic E-state index is 0.0977. The molecule has 0 saturated carbocycles. The SMILES string of the molecule is CCCCCC(=O)CCCCCS(=O)(=O)O[S+]1CCCC1. The lowest BCUT2D eigenvalue weighted by Gasteiger charge is -2.03. The van der Waals surface area contributed by atoms with Gasteiger partial charge in [-0.15, -0.1) is 0 Å². The average Bonchev–Trinajstić information content (AvgIpc) is 2.90. The van der Waals surface area contributed by atoms with Gasteiger partial charge in [0.25, 0.3) is 0 Å². The van der Waals surface area contributed by atoms with Gasteiger partial charge in [0, 0.05) is 12.8 Å². The largest absolute Gasteiger partial charge is 0.311 e. The Balaban J connectivity index is 2.03. The Hall–Kier alpha value is -0.0700. The number of unbranched alkanes of at least 4 members (excludes halogenated alkanes) is 4. The molecule has 0 unspecified atom stereocenters. The number of hydrogen-bond acceptors (Lipinski definition) is 4. The highest BCUT2D eigenvalue weighted by atomic mass is 32.3. The number of ketones is 1. The molecule has 0 aromatic rings. The summed E-state index contributed by atoms with van der Waals surface area (Å²) in [4.78, 5) is 11.6. The Labute approximate surface area is 132 Å². The minimum atomic E-state index is -3.36. The van der Waals surface area contributed by atoms with Crippen molar-refractivity contribution in [1.82, 2.24) is 0 Å². The fraction of sp³-hybridized carbons (Fsp3) is 0.933. The van der Waals surface area contributed by atoms with E-state index in [4.69, 9.17) is 3.63 Å². The van der Waals surface area contributed by atoms with Gasteiger partial charge in [-0.05, 0) is 35.7 Å². The summed E-state index contributed by atoms with van der Waals surface area (Å²) in [6, 6.07) is 0. The molecule has 0 N–H and O–H groups in total. The van der Waals surface area contributed by atoms with Crippen molar-refractivity contribution in [2.75, 3.05) is 17.3 Å². The maximum Gasteiger partial charge on any atom is 0.311 e. The zero-order valence-corrected chi connectivity index (χ0v) is 14.8. The van der Waals surface area contributed by atoms with Crippen molar-refractivity contribution in [2.24, 2.45) is 0 Å². The van der Waals surface area contributed by atoms with Crippen LogP contribution in [0.5, 0.6) is 0 Å². The molecule has 6 heteroatoms. The second-order valence-corrected chi connectivity index (χ2v) is 9.46.